The Balaban J connectivity index is 0.00000192. The zero-order chi connectivity index (χ0) is 15.5. The molecular weight excluding hydrogens is 334 g/mol. The van der Waals surface area contributed by atoms with Crippen molar-refractivity contribution in [1.29, 1.82) is 0 Å². The number of benzene rings is 1. The zero-order valence-corrected chi connectivity index (χ0v) is 14.0. The zero-order valence-electron chi connectivity index (χ0n) is 12.3. The number of nitrogens with one attached hydrogen (secondary N) is 3. The topological polar surface area (TPSA) is 74.0 Å². The predicted octanol–water partition coefficient (Wildman–Crippen LogP) is 2.91. The van der Waals surface area contributed by atoms with Crippen LogP contribution in [0.3, 0.4) is 0 Å². The van der Waals surface area contributed by atoms with Crippen molar-refractivity contribution < 1.29 is 4.79 Å². The Morgan fingerprint density at radius 2 is 2.09 bits per heavy atom. The Labute approximate surface area is 143 Å². The van der Waals surface area contributed by atoms with E-state index in [4.69, 9.17) is 0 Å². The fourth-order valence-corrected chi connectivity index (χ4v) is 3.06. The van der Waals surface area contributed by atoms with Crippen molar-refractivity contribution in [3.8, 4) is 0 Å². The van der Waals surface area contributed by atoms with Crippen LogP contribution >= 0.6 is 23.7 Å². The largest absolute Gasteiger partial charge is 0.329 e. The lowest BCUT2D eigenvalue weighted by molar-refractivity contribution is -0.118. The Morgan fingerprint density at radius 1 is 1.26 bits per heavy atom. The van der Waals surface area contributed by atoms with Crippen LogP contribution in [0.4, 0.5) is 5.69 Å². The molecule has 2 heterocycles. The highest BCUT2D eigenvalue weighted by Gasteiger charge is 2.19. The van der Waals surface area contributed by atoms with Gasteiger partial charge in [0, 0.05) is 17.3 Å². The number of H-pyrrole nitrogens is 1. The van der Waals surface area contributed by atoms with Crippen molar-refractivity contribution in [3.63, 3.8) is 0 Å². The van der Waals surface area contributed by atoms with E-state index in [1.807, 2.05) is 16.8 Å². The van der Waals surface area contributed by atoms with E-state index < -0.39 is 6.04 Å². The molecule has 0 saturated carbocycles. The van der Waals surface area contributed by atoms with Gasteiger partial charge in [-0.05, 0) is 59.1 Å². The van der Waals surface area contributed by atoms with Crippen LogP contribution in [-0.4, -0.2) is 17.9 Å². The number of aromatic amines is 1. The molecule has 1 aromatic carbocycles. The van der Waals surface area contributed by atoms with Gasteiger partial charge in [-0.1, -0.05) is 0 Å². The van der Waals surface area contributed by atoms with Crippen molar-refractivity contribution in [1.82, 2.24) is 10.3 Å². The van der Waals surface area contributed by atoms with E-state index in [1.54, 1.807) is 48.8 Å². The van der Waals surface area contributed by atoms with E-state index in [0.29, 0.717) is 11.1 Å². The van der Waals surface area contributed by atoms with Crippen LogP contribution in [0, 0.1) is 0 Å². The molecule has 3 aromatic rings. The summed E-state index contributed by atoms with van der Waals surface area (Å²) >= 11 is 1.55. The standard InChI is InChI=1S/C16H15N3O2S.ClH/c1-17-14(11-5-7-22-9-11)16(21)19-12-2-3-13-10(8-12)4-6-18-15(13)20;/h2-9,14,17H,1H3,(H,18,20)(H,19,21);1H/t14-;/m1./s1. The van der Waals surface area contributed by atoms with E-state index in [-0.39, 0.29) is 23.9 Å². The van der Waals surface area contributed by atoms with Crippen LogP contribution in [0.15, 0.2) is 52.1 Å². The first-order chi connectivity index (χ1) is 10.7. The van der Waals surface area contributed by atoms with Gasteiger partial charge in [0.25, 0.3) is 5.56 Å². The van der Waals surface area contributed by atoms with Gasteiger partial charge in [0.05, 0.1) is 0 Å². The SMILES string of the molecule is CN[C@@H](C(=O)Nc1ccc2c(=O)[nH]ccc2c1)c1ccsc1.Cl. The van der Waals surface area contributed by atoms with E-state index in [9.17, 15) is 9.59 Å². The maximum atomic E-state index is 12.4. The molecule has 0 aliphatic heterocycles. The molecule has 0 radical (unpaired) electrons. The molecule has 0 aliphatic rings. The van der Waals surface area contributed by atoms with Gasteiger partial charge in [-0.3, -0.25) is 9.59 Å². The maximum absolute atomic E-state index is 12.4. The van der Waals surface area contributed by atoms with E-state index in [0.717, 1.165) is 10.9 Å². The molecular formula is C16H16ClN3O2S. The number of aromatic nitrogens is 1. The van der Waals surface area contributed by atoms with Gasteiger partial charge < -0.3 is 15.6 Å². The summed E-state index contributed by atoms with van der Waals surface area (Å²) in [6.07, 6.45) is 1.60. The molecule has 0 unspecified atom stereocenters. The molecule has 1 atom stereocenters. The number of halogens is 1. The van der Waals surface area contributed by atoms with Crippen molar-refractivity contribution in [3.05, 3.63) is 63.2 Å². The lowest BCUT2D eigenvalue weighted by Crippen LogP contribution is -2.30. The fraction of sp³-hybridized carbons (Fsp3) is 0.125. The highest BCUT2D eigenvalue weighted by atomic mass is 35.5. The summed E-state index contributed by atoms with van der Waals surface area (Å²) in [4.78, 5) is 26.7. The normalized spacial score (nSPS) is 11.7. The van der Waals surface area contributed by atoms with Crippen LogP contribution < -0.4 is 16.2 Å². The highest BCUT2D eigenvalue weighted by Crippen LogP contribution is 2.20. The molecule has 0 aliphatic carbocycles. The van der Waals surface area contributed by atoms with Crippen LogP contribution in [-0.2, 0) is 4.79 Å². The molecule has 1 amide bonds. The average Bonchev–Trinajstić information content (AvgIpc) is 3.02. The van der Waals surface area contributed by atoms with E-state index in [1.165, 1.54) is 0 Å². The summed E-state index contributed by atoms with van der Waals surface area (Å²) in [5, 5.41) is 11.2. The summed E-state index contributed by atoms with van der Waals surface area (Å²) < 4.78 is 0. The second-order valence-electron chi connectivity index (χ2n) is 4.88. The monoisotopic (exact) mass is 349 g/mol. The third kappa shape index (κ3) is 3.61. The van der Waals surface area contributed by atoms with Crippen molar-refractivity contribution in [2.24, 2.45) is 0 Å². The third-order valence-electron chi connectivity index (χ3n) is 3.47. The second kappa shape index (κ2) is 7.41. The minimum Gasteiger partial charge on any atom is -0.329 e. The van der Waals surface area contributed by atoms with Crippen molar-refractivity contribution >= 4 is 46.1 Å². The number of fused-ring (bicyclic) bond motifs is 1. The molecule has 0 bridgehead atoms. The van der Waals surface area contributed by atoms with Crippen LogP contribution in [0.5, 0.6) is 0 Å². The van der Waals surface area contributed by atoms with E-state index in [2.05, 4.69) is 15.6 Å². The number of hydrogen-bond acceptors (Lipinski definition) is 4. The second-order valence-corrected chi connectivity index (χ2v) is 5.66. The molecule has 7 heteroatoms. The molecule has 3 N–H and O–H groups in total. The smallest absolute Gasteiger partial charge is 0.255 e. The molecule has 3 rings (SSSR count). The molecule has 0 fully saturated rings. The minimum atomic E-state index is -0.402. The van der Waals surface area contributed by atoms with Gasteiger partial charge in [0.15, 0.2) is 0 Å². The predicted molar refractivity (Wildman–Crippen MR) is 96.6 cm³/mol. The number of pyridine rings is 1. The lowest BCUT2D eigenvalue weighted by atomic mass is 10.1. The minimum absolute atomic E-state index is 0. The molecule has 23 heavy (non-hydrogen) atoms. The maximum Gasteiger partial charge on any atom is 0.255 e. The van der Waals surface area contributed by atoms with Gasteiger partial charge in [-0.2, -0.15) is 11.3 Å². The van der Waals surface area contributed by atoms with Gasteiger partial charge in [-0.15, -0.1) is 12.4 Å². The highest BCUT2D eigenvalue weighted by molar-refractivity contribution is 7.08. The van der Waals surface area contributed by atoms with Crippen LogP contribution in [0.1, 0.15) is 11.6 Å². The average molecular weight is 350 g/mol. The summed E-state index contributed by atoms with van der Waals surface area (Å²) in [6, 6.07) is 8.56. The van der Waals surface area contributed by atoms with Gasteiger partial charge in [-0.25, -0.2) is 0 Å². The van der Waals surface area contributed by atoms with Gasteiger partial charge in [0.2, 0.25) is 5.91 Å². The molecule has 2 aromatic heterocycles. The molecule has 0 saturated heterocycles. The number of amides is 1. The molecule has 120 valence electrons. The molecule has 5 nitrogen and oxygen atoms in total. The first kappa shape index (κ1) is 17.2. The Kier molecular flexibility index (Phi) is 5.54. The summed E-state index contributed by atoms with van der Waals surface area (Å²) in [5.41, 5.74) is 1.46. The first-order valence-corrected chi connectivity index (χ1v) is 7.75. The van der Waals surface area contributed by atoms with Gasteiger partial charge >= 0.3 is 0 Å². The van der Waals surface area contributed by atoms with Crippen molar-refractivity contribution in [2.45, 2.75) is 6.04 Å². The number of thiophene rings is 1. The Morgan fingerprint density at radius 3 is 2.78 bits per heavy atom. The van der Waals surface area contributed by atoms with Gasteiger partial charge in [0.1, 0.15) is 6.04 Å². The number of carbonyl (C=O) groups excluding carboxylic acids is 1. The molecule has 0 spiro atoms. The number of rotatable bonds is 4. The summed E-state index contributed by atoms with van der Waals surface area (Å²) in [5.74, 6) is -0.134. The number of hydrogen-bond donors (Lipinski definition) is 3. The third-order valence-corrected chi connectivity index (χ3v) is 4.17. The summed E-state index contributed by atoms with van der Waals surface area (Å²) in [6.45, 7) is 0. The Hall–Kier alpha value is -2.15. The quantitative estimate of drug-likeness (QED) is 0.678. The first-order valence-electron chi connectivity index (χ1n) is 6.81. The van der Waals surface area contributed by atoms with E-state index >= 15 is 0 Å². The fourth-order valence-electron chi connectivity index (χ4n) is 2.37. The number of likely N-dealkylation sites (N-methyl/N-ethyl adjacent to an activating group) is 1. The van der Waals surface area contributed by atoms with Crippen LogP contribution in [0.25, 0.3) is 10.8 Å². The van der Waals surface area contributed by atoms with Crippen LogP contribution in [0.2, 0.25) is 0 Å². The number of carbonyl (C=O) groups is 1. The lowest BCUT2D eigenvalue weighted by Gasteiger charge is -2.15. The Bertz CT molecular complexity index is 861. The van der Waals surface area contributed by atoms with Crippen molar-refractivity contribution in [2.75, 3.05) is 12.4 Å². The summed E-state index contributed by atoms with van der Waals surface area (Å²) in [7, 11) is 1.75. The number of anilines is 1.